The summed E-state index contributed by atoms with van der Waals surface area (Å²) in [6.07, 6.45) is -1.77. The van der Waals surface area contributed by atoms with Crippen LogP contribution in [-0.4, -0.2) is 90.7 Å². The molecule has 1 aliphatic heterocycles. The number of nitrogens with one attached hydrogen (secondary N) is 2. The van der Waals surface area contributed by atoms with Gasteiger partial charge in [0.25, 0.3) is 0 Å². The monoisotopic (exact) mass is 522 g/mol. The number of methoxy groups -OCH3 is 1. The van der Waals surface area contributed by atoms with E-state index >= 15 is 0 Å². The lowest BCUT2D eigenvalue weighted by atomic mass is 9.94. The van der Waals surface area contributed by atoms with Crippen molar-refractivity contribution < 1.29 is 39.1 Å². The van der Waals surface area contributed by atoms with Gasteiger partial charge in [0, 0.05) is 20.1 Å². The minimum atomic E-state index is -1.47. The lowest BCUT2D eigenvalue weighted by molar-refractivity contribution is -0.124. The van der Waals surface area contributed by atoms with Gasteiger partial charge in [0.1, 0.15) is 24.4 Å². The van der Waals surface area contributed by atoms with Crippen molar-refractivity contribution in [1.29, 1.82) is 0 Å². The minimum Gasteiger partial charge on any atom is -0.434 e. The highest BCUT2D eigenvalue weighted by Gasteiger charge is 2.33. The summed E-state index contributed by atoms with van der Waals surface area (Å²) in [4.78, 5) is 24.6. The number of hydrogen-bond acceptors (Lipinski definition) is 9. The third-order valence-electron chi connectivity index (χ3n) is 6.06. The highest BCUT2D eigenvalue weighted by Crippen LogP contribution is 2.17. The van der Waals surface area contributed by atoms with Crippen molar-refractivity contribution in [3.63, 3.8) is 0 Å². The Balaban J connectivity index is 1.79. The molecule has 1 fully saturated rings. The van der Waals surface area contributed by atoms with Crippen LogP contribution in [0.2, 0.25) is 0 Å². The van der Waals surface area contributed by atoms with Crippen LogP contribution in [-0.2, 0) is 25.4 Å². The second-order valence-corrected chi connectivity index (χ2v) is 10.3. The van der Waals surface area contributed by atoms with Crippen molar-refractivity contribution >= 4 is 12.1 Å². The Hall–Kier alpha value is -2.50. The summed E-state index contributed by atoms with van der Waals surface area (Å²) in [5.41, 5.74) is 0.857. The van der Waals surface area contributed by atoms with Gasteiger partial charge in [-0.1, -0.05) is 63.3 Å². The quantitative estimate of drug-likeness (QED) is 0.203. The molecule has 6 atom stereocenters. The normalized spacial score (nSPS) is 22.0. The number of hydrogen-bond donors (Lipinski definition) is 5. The van der Waals surface area contributed by atoms with Gasteiger partial charge in [-0.05, 0) is 23.8 Å². The number of aliphatic hydroxyl groups is 3. The van der Waals surface area contributed by atoms with Gasteiger partial charge in [0.2, 0.25) is 5.91 Å². The van der Waals surface area contributed by atoms with E-state index in [0.717, 1.165) is 5.56 Å². The summed E-state index contributed by atoms with van der Waals surface area (Å²) >= 11 is 0. The third kappa shape index (κ3) is 11.2. The zero-order valence-corrected chi connectivity index (χ0v) is 22.1. The molecule has 5 N–H and O–H groups in total. The Kier molecular flexibility index (Phi) is 12.5. The van der Waals surface area contributed by atoms with Crippen molar-refractivity contribution in [2.45, 2.75) is 76.6 Å². The molecular weight excluding hydrogens is 480 g/mol. The van der Waals surface area contributed by atoms with Crippen molar-refractivity contribution in [2.24, 2.45) is 5.41 Å². The van der Waals surface area contributed by atoms with Gasteiger partial charge in [0.15, 0.2) is 0 Å². The number of allylic oxidation sites excluding steroid dienone is 1. The lowest BCUT2D eigenvalue weighted by Crippen LogP contribution is -2.52. The SMILES string of the molecule is CO[C@@H](CN[C@H]1CC[C@@H](OC(=O)OCCc2ccccc2)CNC1=O)[C@H](O)[C@@H](O)[C@H](O)C=CC(C)(C)C. The predicted molar refractivity (Wildman–Crippen MR) is 138 cm³/mol. The third-order valence-corrected chi connectivity index (χ3v) is 6.06. The van der Waals surface area contributed by atoms with Crippen LogP contribution in [0.3, 0.4) is 0 Å². The number of rotatable bonds is 12. The Labute approximate surface area is 219 Å². The van der Waals surface area contributed by atoms with Crippen LogP contribution in [0, 0.1) is 5.41 Å². The highest BCUT2D eigenvalue weighted by molar-refractivity contribution is 5.82. The number of ether oxygens (including phenoxy) is 3. The molecule has 37 heavy (non-hydrogen) atoms. The van der Waals surface area contributed by atoms with Gasteiger partial charge in [-0.2, -0.15) is 0 Å². The number of carbonyl (C=O) groups is 2. The predicted octanol–water partition coefficient (Wildman–Crippen LogP) is 1.32. The highest BCUT2D eigenvalue weighted by atomic mass is 16.7. The second-order valence-electron chi connectivity index (χ2n) is 10.3. The summed E-state index contributed by atoms with van der Waals surface area (Å²) in [7, 11) is 1.38. The summed E-state index contributed by atoms with van der Waals surface area (Å²) in [5, 5.41) is 36.9. The Bertz CT molecular complexity index is 858. The molecule has 1 saturated heterocycles. The summed E-state index contributed by atoms with van der Waals surface area (Å²) < 4.78 is 15.8. The van der Waals surface area contributed by atoms with Crippen LogP contribution in [0.5, 0.6) is 0 Å². The molecule has 0 unspecified atom stereocenters. The maximum atomic E-state index is 12.5. The van der Waals surface area contributed by atoms with Crippen LogP contribution < -0.4 is 10.6 Å². The molecule has 1 aromatic rings. The summed E-state index contributed by atoms with van der Waals surface area (Å²) in [6.45, 7) is 6.25. The Morgan fingerprint density at radius 2 is 1.86 bits per heavy atom. The molecule has 1 aliphatic rings. The van der Waals surface area contributed by atoms with E-state index in [9.17, 15) is 24.9 Å². The largest absolute Gasteiger partial charge is 0.508 e. The van der Waals surface area contributed by atoms with E-state index in [4.69, 9.17) is 14.2 Å². The van der Waals surface area contributed by atoms with Crippen molar-refractivity contribution in [1.82, 2.24) is 10.6 Å². The second kappa shape index (κ2) is 15.0. The first kappa shape index (κ1) is 30.7. The van der Waals surface area contributed by atoms with Crippen molar-refractivity contribution in [2.75, 3.05) is 26.8 Å². The van der Waals surface area contributed by atoms with Gasteiger partial charge in [0.05, 0.1) is 25.3 Å². The summed E-state index contributed by atoms with van der Waals surface area (Å²) in [5.74, 6) is -0.276. The average molecular weight is 523 g/mol. The first-order valence-corrected chi connectivity index (χ1v) is 12.6. The maximum absolute atomic E-state index is 12.5. The van der Waals surface area contributed by atoms with Gasteiger partial charge < -0.3 is 40.2 Å². The standard InChI is InChI=1S/C27H42N2O8/c1-27(2,3)14-12-21(30)23(31)24(32)22(35-4)17-28-20-11-10-19(16-29-25(20)33)37-26(34)36-15-13-18-8-6-5-7-9-18/h5-9,12,14,19-24,28,30-32H,10-11,13,15-17H2,1-4H3,(H,29,33)/t19-,20+,21-,22+,23+,24+/m1/s1. The van der Waals surface area contributed by atoms with Gasteiger partial charge in [-0.3, -0.25) is 4.79 Å². The van der Waals surface area contributed by atoms with Gasteiger partial charge in [-0.15, -0.1) is 0 Å². The molecule has 1 amide bonds. The van der Waals surface area contributed by atoms with Crippen LogP contribution in [0.4, 0.5) is 4.79 Å². The smallest absolute Gasteiger partial charge is 0.434 e. The lowest BCUT2D eigenvalue weighted by Gasteiger charge is -2.29. The van der Waals surface area contributed by atoms with Gasteiger partial charge >= 0.3 is 6.16 Å². The van der Waals surface area contributed by atoms with Crippen LogP contribution in [0.15, 0.2) is 42.5 Å². The van der Waals surface area contributed by atoms with Crippen LogP contribution in [0.1, 0.15) is 39.2 Å². The van der Waals surface area contributed by atoms with E-state index in [-0.39, 0.29) is 31.0 Å². The first-order chi connectivity index (χ1) is 17.5. The first-order valence-electron chi connectivity index (χ1n) is 12.6. The number of carbonyl (C=O) groups excluding carboxylic acids is 2. The van der Waals surface area contributed by atoms with E-state index in [0.29, 0.717) is 19.3 Å². The molecule has 208 valence electrons. The number of amides is 1. The molecule has 10 heteroatoms. The van der Waals surface area contributed by atoms with Crippen molar-refractivity contribution in [3.05, 3.63) is 48.0 Å². The molecule has 0 bridgehead atoms. The maximum Gasteiger partial charge on any atom is 0.508 e. The summed E-state index contributed by atoms with van der Waals surface area (Å²) in [6, 6.07) is 9.03. The van der Waals surface area contributed by atoms with E-state index < -0.39 is 42.7 Å². The molecule has 2 rings (SSSR count). The fourth-order valence-electron chi connectivity index (χ4n) is 3.81. The average Bonchev–Trinajstić information content (AvgIpc) is 3.03. The topological polar surface area (TPSA) is 147 Å². The van der Waals surface area contributed by atoms with Crippen LogP contribution in [0.25, 0.3) is 0 Å². The van der Waals surface area contributed by atoms with E-state index in [1.807, 2.05) is 51.1 Å². The Morgan fingerprint density at radius 3 is 2.51 bits per heavy atom. The molecular formula is C27H42N2O8. The van der Waals surface area contributed by atoms with E-state index in [1.54, 1.807) is 6.08 Å². The fourth-order valence-corrected chi connectivity index (χ4v) is 3.81. The number of benzene rings is 1. The molecule has 0 radical (unpaired) electrons. The minimum absolute atomic E-state index is 0.0512. The molecule has 1 aromatic carbocycles. The number of aliphatic hydroxyl groups excluding tert-OH is 3. The fraction of sp³-hybridized carbons (Fsp3) is 0.630. The Morgan fingerprint density at radius 1 is 1.16 bits per heavy atom. The molecule has 0 saturated carbocycles. The van der Waals surface area contributed by atoms with E-state index in [2.05, 4.69) is 10.6 Å². The van der Waals surface area contributed by atoms with Crippen LogP contribution >= 0.6 is 0 Å². The van der Waals surface area contributed by atoms with Gasteiger partial charge in [-0.25, -0.2) is 4.79 Å². The molecule has 0 spiro atoms. The molecule has 0 aliphatic carbocycles. The molecule has 10 nitrogen and oxygen atoms in total. The molecule has 1 heterocycles. The van der Waals surface area contributed by atoms with Crippen molar-refractivity contribution in [3.8, 4) is 0 Å². The zero-order chi connectivity index (χ0) is 27.4. The zero-order valence-electron chi connectivity index (χ0n) is 22.1. The molecule has 0 aromatic heterocycles. The van der Waals surface area contributed by atoms with E-state index in [1.165, 1.54) is 13.2 Å².